The lowest BCUT2D eigenvalue weighted by Gasteiger charge is -2.36. The number of β-amino-alcohol motifs (C(OH)–C–C–N with tert-alkyl or cyclic N) is 1. The van der Waals surface area contributed by atoms with Crippen molar-refractivity contribution in [1.29, 1.82) is 0 Å². The van der Waals surface area contributed by atoms with Crippen LogP contribution in [0.3, 0.4) is 0 Å². The van der Waals surface area contributed by atoms with Gasteiger partial charge in [-0.25, -0.2) is 9.18 Å². The molecule has 8 heteroatoms. The van der Waals surface area contributed by atoms with Crippen LogP contribution in [0.4, 0.5) is 9.18 Å². The minimum atomic E-state index is -1.59. The SMILES string of the molecule is CC(C)(C)OC(=O)N1CCOC(c2ccc(Cl)c(F)c2)C(O)(CN)C1. The van der Waals surface area contributed by atoms with Gasteiger partial charge in [-0.15, -0.1) is 0 Å². The van der Waals surface area contributed by atoms with Crippen LogP contribution in [-0.2, 0) is 9.47 Å². The smallest absolute Gasteiger partial charge is 0.410 e. The Hall–Kier alpha value is -1.41. The van der Waals surface area contributed by atoms with Crippen LogP contribution in [0.2, 0.25) is 5.02 Å². The maximum absolute atomic E-state index is 13.8. The van der Waals surface area contributed by atoms with Crippen LogP contribution in [-0.4, -0.2) is 53.5 Å². The highest BCUT2D eigenvalue weighted by Crippen LogP contribution is 2.34. The van der Waals surface area contributed by atoms with Crippen molar-refractivity contribution in [2.24, 2.45) is 5.73 Å². The number of aliphatic hydroxyl groups is 1. The molecule has 2 rings (SSSR count). The molecule has 25 heavy (non-hydrogen) atoms. The zero-order chi connectivity index (χ0) is 18.8. The normalized spacial score (nSPS) is 24.8. The molecular formula is C17H24ClFN2O4. The molecule has 1 fully saturated rings. The number of carbonyl (C=O) groups excluding carboxylic acids is 1. The Bertz CT molecular complexity index is 638. The van der Waals surface area contributed by atoms with Gasteiger partial charge in [0.1, 0.15) is 23.1 Å². The minimum Gasteiger partial charge on any atom is -0.444 e. The van der Waals surface area contributed by atoms with Crippen LogP contribution >= 0.6 is 11.6 Å². The van der Waals surface area contributed by atoms with Crippen molar-refractivity contribution in [3.05, 3.63) is 34.6 Å². The third kappa shape index (κ3) is 4.82. The number of nitrogens with two attached hydrogens (primary N) is 1. The summed E-state index contributed by atoms with van der Waals surface area (Å²) in [5, 5.41) is 11.0. The molecule has 0 bridgehead atoms. The van der Waals surface area contributed by atoms with Gasteiger partial charge in [0.25, 0.3) is 0 Å². The molecule has 1 aromatic rings. The molecule has 1 heterocycles. The molecule has 3 N–H and O–H groups in total. The lowest BCUT2D eigenvalue weighted by atomic mass is 9.90. The average molecular weight is 375 g/mol. The highest BCUT2D eigenvalue weighted by molar-refractivity contribution is 6.30. The van der Waals surface area contributed by atoms with Crippen LogP contribution in [0.1, 0.15) is 32.4 Å². The van der Waals surface area contributed by atoms with E-state index in [2.05, 4.69) is 0 Å². The summed E-state index contributed by atoms with van der Waals surface area (Å²) >= 11 is 5.71. The summed E-state index contributed by atoms with van der Waals surface area (Å²) in [6, 6.07) is 4.17. The topological polar surface area (TPSA) is 85.0 Å². The summed E-state index contributed by atoms with van der Waals surface area (Å²) in [5.41, 5.74) is 3.91. The number of ether oxygens (including phenoxy) is 2. The van der Waals surface area contributed by atoms with Gasteiger partial charge < -0.3 is 25.2 Å². The number of rotatable bonds is 2. The van der Waals surface area contributed by atoms with E-state index in [1.165, 1.54) is 17.0 Å². The Kier molecular flexibility index (Phi) is 5.93. The largest absolute Gasteiger partial charge is 0.444 e. The summed E-state index contributed by atoms with van der Waals surface area (Å²) in [7, 11) is 0. The summed E-state index contributed by atoms with van der Waals surface area (Å²) < 4.78 is 24.9. The van der Waals surface area contributed by atoms with Gasteiger partial charge >= 0.3 is 6.09 Å². The summed E-state index contributed by atoms with van der Waals surface area (Å²) in [6.45, 7) is 5.38. The van der Waals surface area contributed by atoms with Crippen molar-refractivity contribution in [3.8, 4) is 0 Å². The Morgan fingerprint density at radius 1 is 1.56 bits per heavy atom. The molecule has 0 aliphatic carbocycles. The lowest BCUT2D eigenvalue weighted by molar-refractivity contribution is -0.0941. The Morgan fingerprint density at radius 3 is 2.80 bits per heavy atom. The fourth-order valence-corrected chi connectivity index (χ4v) is 2.78. The number of hydrogen-bond donors (Lipinski definition) is 2. The summed E-state index contributed by atoms with van der Waals surface area (Å²) in [4.78, 5) is 13.7. The van der Waals surface area contributed by atoms with Crippen molar-refractivity contribution >= 4 is 17.7 Å². The van der Waals surface area contributed by atoms with E-state index in [9.17, 15) is 14.3 Å². The van der Waals surface area contributed by atoms with E-state index in [1.54, 1.807) is 26.8 Å². The maximum Gasteiger partial charge on any atom is 0.410 e. The van der Waals surface area contributed by atoms with Crippen LogP contribution in [0.25, 0.3) is 0 Å². The van der Waals surface area contributed by atoms with Gasteiger partial charge in [-0.1, -0.05) is 17.7 Å². The van der Waals surface area contributed by atoms with Gasteiger partial charge in [0.15, 0.2) is 0 Å². The van der Waals surface area contributed by atoms with E-state index >= 15 is 0 Å². The van der Waals surface area contributed by atoms with Crippen LogP contribution in [0.15, 0.2) is 18.2 Å². The van der Waals surface area contributed by atoms with E-state index in [4.69, 9.17) is 26.8 Å². The summed E-state index contributed by atoms with van der Waals surface area (Å²) in [6.07, 6.45) is -1.46. The second-order valence-corrected chi connectivity index (χ2v) is 7.54. The standard InChI is InChI=1S/C17H24ClFN2O4/c1-16(2,3)25-15(22)21-6-7-24-14(17(23,9-20)10-21)11-4-5-12(18)13(19)8-11/h4-5,8,14,23H,6-7,9-10,20H2,1-3H3. The predicted molar refractivity (Wildman–Crippen MR) is 91.9 cm³/mol. The van der Waals surface area contributed by atoms with Crippen molar-refractivity contribution in [3.63, 3.8) is 0 Å². The Balaban J connectivity index is 2.27. The van der Waals surface area contributed by atoms with E-state index in [0.717, 1.165) is 0 Å². The molecule has 1 amide bonds. The van der Waals surface area contributed by atoms with Gasteiger partial charge in [0.2, 0.25) is 0 Å². The number of nitrogens with zero attached hydrogens (tertiary/aromatic N) is 1. The fourth-order valence-electron chi connectivity index (χ4n) is 2.66. The molecular weight excluding hydrogens is 351 g/mol. The monoisotopic (exact) mass is 374 g/mol. The number of amides is 1. The second-order valence-electron chi connectivity index (χ2n) is 7.13. The molecule has 0 aromatic heterocycles. The zero-order valence-electron chi connectivity index (χ0n) is 14.6. The third-order valence-electron chi connectivity index (χ3n) is 3.85. The lowest BCUT2D eigenvalue weighted by Crippen LogP contribution is -2.53. The fraction of sp³-hybridized carbons (Fsp3) is 0.588. The Morgan fingerprint density at radius 2 is 2.24 bits per heavy atom. The van der Waals surface area contributed by atoms with Crippen molar-refractivity contribution in [2.75, 3.05) is 26.2 Å². The van der Waals surface area contributed by atoms with Gasteiger partial charge in [0.05, 0.1) is 18.2 Å². The highest BCUT2D eigenvalue weighted by Gasteiger charge is 2.43. The molecule has 1 aromatic carbocycles. The first-order valence-corrected chi connectivity index (χ1v) is 8.40. The van der Waals surface area contributed by atoms with Crippen molar-refractivity contribution < 1.29 is 23.8 Å². The van der Waals surface area contributed by atoms with E-state index in [0.29, 0.717) is 5.56 Å². The van der Waals surface area contributed by atoms with E-state index < -0.39 is 29.2 Å². The van der Waals surface area contributed by atoms with Gasteiger partial charge in [-0.2, -0.15) is 0 Å². The number of benzene rings is 1. The second kappa shape index (κ2) is 7.45. The molecule has 2 unspecified atom stereocenters. The highest BCUT2D eigenvalue weighted by atomic mass is 35.5. The van der Waals surface area contributed by atoms with E-state index in [-0.39, 0.29) is 31.3 Å². The Labute approximate surface area is 151 Å². The summed E-state index contributed by atoms with van der Waals surface area (Å²) in [5.74, 6) is -0.615. The molecule has 1 saturated heterocycles. The van der Waals surface area contributed by atoms with E-state index in [1.807, 2.05) is 0 Å². The molecule has 2 atom stereocenters. The molecule has 1 aliphatic heterocycles. The predicted octanol–water partition coefficient (Wildman–Crippen LogP) is 2.48. The zero-order valence-corrected chi connectivity index (χ0v) is 15.3. The molecule has 140 valence electrons. The first-order chi connectivity index (χ1) is 11.6. The average Bonchev–Trinajstić information content (AvgIpc) is 2.68. The molecule has 0 spiro atoms. The maximum atomic E-state index is 13.8. The van der Waals surface area contributed by atoms with Crippen molar-refractivity contribution in [2.45, 2.75) is 38.1 Å². The van der Waals surface area contributed by atoms with Gasteiger partial charge in [-0.3, -0.25) is 0 Å². The van der Waals surface area contributed by atoms with Gasteiger partial charge in [-0.05, 0) is 38.5 Å². The van der Waals surface area contributed by atoms with Crippen LogP contribution in [0.5, 0.6) is 0 Å². The van der Waals surface area contributed by atoms with Crippen LogP contribution in [0, 0.1) is 5.82 Å². The molecule has 0 saturated carbocycles. The quantitative estimate of drug-likeness (QED) is 0.830. The first kappa shape index (κ1) is 19.9. The number of hydrogen-bond acceptors (Lipinski definition) is 5. The molecule has 1 aliphatic rings. The molecule has 0 radical (unpaired) electrons. The number of halogens is 2. The van der Waals surface area contributed by atoms with Gasteiger partial charge in [0, 0.05) is 13.1 Å². The first-order valence-electron chi connectivity index (χ1n) is 8.03. The minimum absolute atomic E-state index is 0.0240. The van der Waals surface area contributed by atoms with Crippen LogP contribution < -0.4 is 5.73 Å². The molecule has 6 nitrogen and oxygen atoms in total. The number of carbonyl (C=O) groups is 1. The third-order valence-corrected chi connectivity index (χ3v) is 4.16. The van der Waals surface area contributed by atoms with Crippen molar-refractivity contribution in [1.82, 2.24) is 4.90 Å².